The van der Waals surface area contributed by atoms with E-state index in [4.69, 9.17) is 0 Å². The molecule has 96 valence electrons. The molecule has 4 heteroatoms. The summed E-state index contributed by atoms with van der Waals surface area (Å²) in [7, 11) is 0. The maximum atomic E-state index is 4.66. The zero-order valence-electron chi connectivity index (χ0n) is 11.1. The van der Waals surface area contributed by atoms with Crippen molar-refractivity contribution in [3.05, 3.63) is 11.5 Å². The van der Waals surface area contributed by atoms with E-state index in [1.807, 2.05) is 0 Å². The Hall–Kier alpha value is -0.432. The Labute approximate surface area is 113 Å². The predicted octanol–water partition coefficient (Wildman–Crippen LogP) is 1.60. The van der Waals surface area contributed by atoms with Crippen LogP contribution >= 0.6 is 0 Å². The molecule has 0 amide bonds. The fraction of sp³-hybridized carbons (Fsp3) is 0.769. The molecule has 3 nitrogen and oxygen atoms in total. The minimum absolute atomic E-state index is 0.936. The summed E-state index contributed by atoms with van der Waals surface area (Å²) in [4.78, 5) is 4.66. The van der Waals surface area contributed by atoms with Gasteiger partial charge in [-0.1, -0.05) is 0 Å². The van der Waals surface area contributed by atoms with E-state index in [2.05, 4.69) is 29.0 Å². The van der Waals surface area contributed by atoms with Gasteiger partial charge in [0.25, 0.3) is 0 Å². The maximum absolute atomic E-state index is 4.66. The summed E-state index contributed by atoms with van der Waals surface area (Å²) >= 11 is 1.54. The summed E-state index contributed by atoms with van der Waals surface area (Å²) in [5, 5.41) is 8.45. The van der Waals surface area contributed by atoms with Crippen LogP contribution in [0.5, 0.6) is 0 Å². The van der Waals surface area contributed by atoms with Crippen molar-refractivity contribution < 1.29 is 0 Å². The average molecular weight is 297 g/mol. The summed E-state index contributed by atoms with van der Waals surface area (Å²) in [6, 6.07) is 0. The number of hydrogen-bond acceptors (Lipinski definition) is 3. The van der Waals surface area contributed by atoms with Gasteiger partial charge < -0.3 is 0 Å². The molecule has 0 aromatic carbocycles. The fourth-order valence-electron chi connectivity index (χ4n) is 1.77. The Morgan fingerprint density at radius 1 is 0.882 bits per heavy atom. The van der Waals surface area contributed by atoms with Gasteiger partial charge in [0.2, 0.25) is 0 Å². The van der Waals surface area contributed by atoms with Crippen LogP contribution in [-0.4, -0.2) is 32.0 Å². The monoisotopic (exact) mass is 297 g/mol. The molecule has 1 heterocycles. The van der Waals surface area contributed by atoms with E-state index in [9.17, 15) is 0 Å². The first kappa shape index (κ1) is 14.6. The van der Waals surface area contributed by atoms with Crippen LogP contribution in [0.1, 0.15) is 63.9 Å². The molecule has 1 atom stereocenters. The van der Waals surface area contributed by atoms with Gasteiger partial charge in [0, 0.05) is 0 Å². The van der Waals surface area contributed by atoms with Crippen LogP contribution in [0.4, 0.5) is 0 Å². The zero-order valence-corrected chi connectivity index (χ0v) is 13.5. The van der Waals surface area contributed by atoms with Crippen molar-refractivity contribution in [2.45, 2.75) is 65.2 Å². The van der Waals surface area contributed by atoms with Crippen molar-refractivity contribution in [3.63, 3.8) is 0 Å². The molecule has 0 saturated heterocycles. The molecule has 17 heavy (non-hydrogen) atoms. The standard InChI is InChI=1S/C13H24AsN3/c1-3-5-7-9-11-13(14)17-16-12(15-11)10-8-6-4-2/h3-10,14H2,1-2H3. The van der Waals surface area contributed by atoms with Crippen molar-refractivity contribution in [1.82, 2.24) is 15.2 Å². The van der Waals surface area contributed by atoms with Crippen LogP contribution in [0.25, 0.3) is 0 Å². The van der Waals surface area contributed by atoms with Gasteiger partial charge in [0.1, 0.15) is 0 Å². The molecule has 0 saturated carbocycles. The first-order valence-corrected chi connectivity index (χ1v) is 7.97. The molecule has 1 aromatic rings. The quantitative estimate of drug-likeness (QED) is 0.540. The Morgan fingerprint density at radius 2 is 1.53 bits per heavy atom. The SMILES string of the molecule is CCCCCc1nnc([AsH2])c(CCCCC)n1. The number of hydrogen-bond donors (Lipinski definition) is 0. The molecule has 1 unspecified atom stereocenters. The molecule has 0 radical (unpaired) electrons. The van der Waals surface area contributed by atoms with Crippen molar-refractivity contribution >= 4 is 21.3 Å². The molecular formula is C13H24AsN3. The first-order chi connectivity index (χ1) is 8.27. The van der Waals surface area contributed by atoms with E-state index < -0.39 is 0 Å². The number of aryl methyl sites for hydroxylation is 2. The number of aromatic nitrogens is 3. The Bertz CT molecular complexity index is 328. The van der Waals surface area contributed by atoms with Crippen LogP contribution in [0, 0.1) is 0 Å². The van der Waals surface area contributed by atoms with E-state index in [0.29, 0.717) is 0 Å². The summed E-state index contributed by atoms with van der Waals surface area (Å²) in [6.45, 7) is 4.44. The van der Waals surface area contributed by atoms with Crippen molar-refractivity contribution in [2.75, 3.05) is 0 Å². The van der Waals surface area contributed by atoms with Crippen LogP contribution in [0.15, 0.2) is 0 Å². The third kappa shape index (κ3) is 5.63. The molecule has 0 aliphatic carbocycles. The Balaban J connectivity index is 2.53. The molecule has 0 aliphatic heterocycles. The van der Waals surface area contributed by atoms with E-state index in [0.717, 1.165) is 23.1 Å². The second-order valence-corrected chi connectivity index (χ2v) is 5.62. The van der Waals surface area contributed by atoms with Gasteiger partial charge in [-0.3, -0.25) is 0 Å². The second-order valence-electron chi connectivity index (χ2n) is 4.47. The molecule has 0 fully saturated rings. The topological polar surface area (TPSA) is 38.7 Å². The second kappa shape index (κ2) is 8.63. The number of nitrogens with zero attached hydrogens (tertiary/aromatic N) is 3. The van der Waals surface area contributed by atoms with Crippen LogP contribution < -0.4 is 4.48 Å². The molecule has 1 rings (SSSR count). The van der Waals surface area contributed by atoms with E-state index in [1.54, 1.807) is 0 Å². The van der Waals surface area contributed by atoms with Crippen molar-refractivity contribution in [2.24, 2.45) is 0 Å². The van der Waals surface area contributed by atoms with Crippen molar-refractivity contribution in [3.8, 4) is 0 Å². The van der Waals surface area contributed by atoms with Gasteiger partial charge >= 0.3 is 113 Å². The van der Waals surface area contributed by atoms with Gasteiger partial charge in [0.05, 0.1) is 0 Å². The van der Waals surface area contributed by atoms with Gasteiger partial charge in [-0.25, -0.2) is 0 Å². The third-order valence-electron chi connectivity index (χ3n) is 2.85. The van der Waals surface area contributed by atoms with Crippen LogP contribution in [-0.2, 0) is 12.8 Å². The van der Waals surface area contributed by atoms with Gasteiger partial charge in [0.15, 0.2) is 0 Å². The molecule has 0 N–H and O–H groups in total. The van der Waals surface area contributed by atoms with Crippen LogP contribution in [0.3, 0.4) is 0 Å². The van der Waals surface area contributed by atoms with E-state index >= 15 is 0 Å². The van der Waals surface area contributed by atoms with Crippen molar-refractivity contribution in [1.29, 1.82) is 0 Å². The molecular weight excluding hydrogens is 273 g/mol. The van der Waals surface area contributed by atoms with Crippen LogP contribution in [0.2, 0.25) is 0 Å². The summed E-state index contributed by atoms with van der Waals surface area (Å²) < 4.78 is 1.06. The molecule has 0 aliphatic rings. The predicted molar refractivity (Wildman–Crippen MR) is 74.5 cm³/mol. The molecule has 0 spiro atoms. The average Bonchev–Trinajstić information content (AvgIpc) is 2.33. The number of rotatable bonds is 8. The van der Waals surface area contributed by atoms with Gasteiger partial charge in [-0.05, 0) is 0 Å². The normalized spacial score (nSPS) is 10.8. The molecule has 1 aromatic heterocycles. The third-order valence-corrected chi connectivity index (χ3v) is 3.80. The van der Waals surface area contributed by atoms with E-state index in [1.165, 1.54) is 61.1 Å². The first-order valence-electron chi connectivity index (χ1n) is 6.75. The molecule has 0 bridgehead atoms. The van der Waals surface area contributed by atoms with Gasteiger partial charge in [-0.15, -0.1) is 0 Å². The number of unbranched alkanes of at least 4 members (excludes halogenated alkanes) is 4. The summed E-state index contributed by atoms with van der Waals surface area (Å²) in [6.07, 6.45) is 9.49. The Kier molecular flexibility index (Phi) is 7.43. The zero-order chi connectivity index (χ0) is 12.5. The van der Waals surface area contributed by atoms with E-state index in [-0.39, 0.29) is 0 Å². The Morgan fingerprint density at radius 3 is 2.18 bits per heavy atom. The summed E-state index contributed by atoms with van der Waals surface area (Å²) in [5.41, 5.74) is 1.18. The summed E-state index contributed by atoms with van der Waals surface area (Å²) in [5.74, 6) is 0.936. The van der Waals surface area contributed by atoms with Gasteiger partial charge in [-0.2, -0.15) is 0 Å². The minimum atomic E-state index is 0.936. The fourth-order valence-corrected chi connectivity index (χ4v) is 2.33.